The molecule has 0 saturated carbocycles. The number of methoxy groups -OCH3 is 2. The van der Waals surface area contributed by atoms with Crippen LogP contribution in [-0.4, -0.2) is 44.7 Å². The van der Waals surface area contributed by atoms with E-state index in [2.05, 4.69) is 18.7 Å². The second-order valence-electron chi connectivity index (χ2n) is 6.28. The summed E-state index contributed by atoms with van der Waals surface area (Å²) in [6.07, 6.45) is 1.47. The SMILES string of the molecule is CCN(CC)COc1ccc2occ(C(=O)c3cc(OC)ccc3OC)c2c1.Cl. The Morgan fingerprint density at radius 3 is 2.34 bits per heavy atom. The fourth-order valence-electron chi connectivity index (χ4n) is 2.98. The van der Waals surface area contributed by atoms with Gasteiger partial charge in [-0.15, -0.1) is 12.4 Å². The molecule has 7 heteroatoms. The van der Waals surface area contributed by atoms with Gasteiger partial charge in [-0.2, -0.15) is 0 Å². The number of ketones is 1. The van der Waals surface area contributed by atoms with Crippen LogP contribution in [0.15, 0.2) is 47.1 Å². The van der Waals surface area contributed by atoms with Crippen molar-refractivity contribution in [2.45, 2.75) is 13.8 Å². The van der Waals surface area contributed by atoms with Crippen LogP contribution in [0, 0.1) is 0 Å². The standard InChI is InChI=1S/C22H25NO5.ClH/c1-5-23(6-2)14-28-16-8-10-21-17(12-16)19(13-27-21)22(24)18-11-15(25-3)7-9-20(18)26-4;/h7-13H,5-6,14H2,1-4H3;1H. The molecule has 0 aliphatic carbocycles. The minimum absolute atomic E-state index is 0. The number of ether oxygens (including phenoxy) is 3. The molecular weight excluding hydrogens is 394 g/mol. The molecule has 2 aromatic carbocycles. The van der Waals surface area contributed by atoms with E-state index in [0.717, 1.165) is 13.1 Å². The molecule has 3 rings (SSSR count). The molecule has 0 aliphatic rings. The summed E-state index contributed by atoms with van der Waals surface area (Å²) in [6.45, 7) is 6.48. The first kappa shape index (κ1) is 22.6. The lowest BCUT2D eigenvalue weighted by Gasteiger charge is -2.18. The van der Waals surface area contributed by atoms with E-state index in [1.165, 1.54) is 13.4 Å². The minimum atomic E-state index is -0.199. The van der Waals surface area contributed by atoms with Crippen molar-refractivity contribution >= 4 is 29.2 Å². The van der Waals surface area contributed by atoms with E-state index in [1.54, 1.807) is 25.3 Å². The van der Waals surface area contributed by atoms with Gasteiger partial charge in [-0.25, -0.2) is 0 Å². The average molecular weight is 420 g/mol. The molecule has 0 radical (unpaired) electrons. The Morgan fingerprint density at radius 1 is 0.966 bits per heavy atom. The predicted octanol–water partition coefficient (Wildman–Crippen LogP) is 4.78. The molecule has 3 aromatic rings. The Kier molecular flexibility index (Phi) is 7.93. The Bertz CT molecular complexity index is 965. The lowest BCUT2D eigenvalue weighted by atomic mass is 10.0. The van der Waals surface area contributed by atoms with Gasteiger partial charge >= 0.3 is 0 Å². The third kappa shape index (κ3) is 4.83. The summed E-state index contributed by atoms with van der Waals surface area (Å²) in [5.41, 5.74) is 1.49. The van der Waals surface area contributed by atoms with Crippen molar-refractivity contribution in [3.63, 3.8) is 0 Å². The highest BCUT2D eigenvalue weighted by atomic mass is 35.5. The second kappa shape index (κ2) is 10.2. The maximum atomic E-state index is 13.2. The average Bonchev–Trinajstić information content (AvgIpc) is 3.16. The van der Waals surface area contributed by atoms with E-state index in [0.29, 0.717) is 46.1 Å². The van der Waals surface area contributed by atoms with E-state index in [4.69, 9.17) is 18.6 Å². The highest BCUT2D eigenvalue weighted by Crippen LogP contribution is 2.31. The molecule has 29 heavy (non-hydrogen) atoms. The number of furan rings is 1. The number of hydrogen-bond acceptors (Lipinski definition) is 6. The number of nitrogens with zero attached hydrogens (tertiary/aromatic N) is 1. The summed E-state index contributed by atoms with van der Waals surface area (Å²) in [5.74, 6) is 1.55. The van der Waals surface area contributed by atoms with Crippen molar-refractivity contribution < 1.29 is 23.4 Å². The molecule has 0 saturated heterocycles. The van der Waals surface area contributed by atoms with Crippen LogP contribution < -0.4 is 14.2 Å². The van der Waals surface area contributed by atoms with Crippen molar-refractivity contribution in [1.82, 2.24) is 4.90 Å². The van der Waals surface area contributed by atoms with Crippen molar-refractivity contribution in [3.8, 4) is 17.2 Å². The molecule has 0 fully saturated rings. The van der Waals surface area contributed by atoms with Gasteiger partial charge in [-0.1, -0.05) is 13.8 Å². The maximum Gasteiger partial charge on any atom is 0.200 e. The first-order valence-electron chi connectivity index (χ1n) is 9.24. The topological polar surface area (TPSA) is 61.1 Å². The van der Waals surface area contributed by atoms with E-state index >= 15 is 0 Å². The zero-order valence-electron chi connectivity index (χ0n) is 17.1. The van der Waals surface area contributed by atoms with E-state index in [-0.39, 0.29) is 18.2 Å². The van der Waals surface area contributed by atoms with Crippen LogP contribution in [0.1, 0.15) is 29.8 Å². The van der Waals surface area contributed by atoms with Crippen LogP contribution in [0.3, 0.4) is 0 Å². The molecule has 6 nitrogen and oxygen atoms in total. The van der Waals surface area contributed by atoms with Crippen LogP contribution in [0.2, 0.25) is 0 Å². The summed E-state index contributed by atoms with van der Waals surface area (Å²) < 4.78 is 22.1. The van der Waals surface area contributed by atoms with Gasteiger partial charge in [0.25, 0.3) is 0 Å². The molecule has 0 atom stereocenters. The summed E-state index contributed by atoms with van der Waals surface area (Å²) in [7, 11) is 3.09. The molecule has 156 valence electrons. The molecule has 1 heterocycles. The molecule has 0 unspecified atom stereocenters. The van der Waals surface area contributed by atoms with Gasteiger partial charge in [0.15, 0.2) is 0 Å². The van der Waals surface area contributed by atoms with Crippen molar-refractivity contribution in [2.24, 2.45) is 0 Å². The van der Waals surface area contributed by atoms with Gasteiger partial charge in [0.2, 0.25) is 5.78 Å². The monoisotopic (exact) mass is 419 g/mol. The number of carbonyl (C=O) groups excluding carboxylic acids is 1. The second-order valence-corrected chi connectivity index (χ2v) is 6.28. The first-order valence-corrected chi connectivity index (χ1v) is 9.24. The summed E-state index contributed by atoms with van der Waals surface area (Å²) >= 11 is 0. The Balaban J connectivity index is 0.00000300. The van der Waals surface area contributed by atoms with Crippen molar-refractivity contribution in [2.75, 3.05) is 34.0 Å². The number of carbonyl (C=O) groups is 1. The largest absolute Gasteiger partial charge is 0.497 e. The Morgan fingerprint density at radius 2 is 1.69 bits per heavy atom. The van der Waals surface area contributed by atoms with Crippen molar-refractivity contribution in [3.05, 3.63) is 53.8 Å². The summed E-state index contributed by atoms with van der Waals surface area (Å²) in [6, 6.07) is 10.6. The Hall–Kier alpha value is -2.70. The number of hydrogen-bond donors (Lipinski definition) is 0. The maximum absolute atomic E-state index is 13.2. The van der Waals surface area contributed by atoms with Crippen LogP contribution in [0.4, 0.5) is 0 Å². The van der Waals surface area contributed by atoms with Gasteiger partial charge in [-0.3, -0.25) is 9.69 Å². The number of fused-ring (bicyclic) bond motifs is 1. The van der Waals surface area contributed by atoms with Gasteiger partial charge in [0, 0.05) is 5.39 Å². The van der Waals surface area contributed by atoms with Crippen LogP contribution >= 0.6 is 12.4 Å². The minimum Gasteiger partial charge on any atom is -0.497 e. The van der Waals surface area contributed by atoms with Crippen molar-refractivity contribution in [1.29, 1.82) is 0 Å². The first-order chi connectivity index (χ1) is 13.6. The van der Waals surface area contributed by atoms with Gasteiger partial charge in [-0.05, 0) is 49.5 Å². The normalized spacial score (nSPS) is 10.7. The molecule has 0 spiro atoms. The highest BCUT2D eigenvalue weighted by Gasteiger charge is 2.20. The van der Waals surface area contributed by atoms with Gasteiger partial charge in [0.1, 0.15) is 35.8 Å². The van der Waals surface area contributed by atoms with Gasteiger partial charge < -0.3 is 18.6 Å². The lowest BCUT2D eigenvalue weighted by molar-refractivity contribution is 0.103. The summed E-state index contributed by atoms with van der Waals surface area (Å²) in [5, 5.41) is 0.701. The molecule has 0 amide bonds. The van der Waals surface area contributed by atoms with E-state index in [9.17, 15) is 4.79 Å². The molecule has 0 bridgehead atoms. The fourth-order valence-corrected chi connectivity index (χ4v) is 2.98. The Labute approximate surface area is 176 Å². The third-order valence-electron chi connectivity index (χ3n) is 4.75. The smallest absolute Gasteiger partial charge is 0.200 e. The molecule has 0 N–H and O–H groups in total. The zero-order chi connectivity index (χ0) is 20.1. The predicted molar refractivity (Wildman–Crippen MR) is 115 cm³/mol. The number of rotatable bonds is 9. The number of benzene rings is 2. The zero-order valence-corrected chi connectivity index (χ0v) is 17.9. The van der Waals surface area contributed by atoms with E-state index in [1.807, 2.05) is 18.2 Å². The van der Waals surface area contributed by atoms with Crippen LogP contribution in [-0.2, 0) is 0 Å². The highest BCUT2D eigenvalue weighted by molar-refractivity contribution is 6.17. The van der Waals surface area contributed by atoms with Gasteiger partial charge in [0.05, 0.1) is 25.3 Å². The van der Waals surface area contributed by atoms with E-state index < -0.39 is 0 Å². The quantitative estimate of drug-likeness (QED) is 0.367. The fraction of sp³-hybridized carbons (Fsp3) is 0.318. The number of halogens is 1. The summed E-state index contributed by atoms with van der Waals surface area (Å²) in [4.78, 5) is 15.4. The third-order valence-corrected chi connectivity index (χ3v) is 4.75. The van der Waals surface area contributed by atoms with Crippen LogP contribution in [0.5, 0.6) is 17.2 Å². The molecular formula is C22H26ClNO5. The van der Waals surface area contributed by atoms with Crippen LogP contribution in [0.25, 0.3) is 11.0 Å². The lowest BCUT2D eigenvalue weighted by Crippen LogP contribution is -2.27. The molecule has 0 aliphatic heterocycles. The molecule has 1 aromatic heterocycles.